The maximum absolute atomic E-state index is 12.1. The first-order chi connectivity index (χ1) is 9.89. The Labute approximate surface area is 124 Å². The molecule has 5 nitrogen and oxygen atoms in total. The minimum Gasteiger partial charge on any atom is -0.397 e. The molecule has 108 valence electrons. The van der Waals surface area contributed by atoms with Crippen molar-refractivity contribution in [3.05, 3.63) is 59.2 Å². The molecule has 0 saturated heterocycles. The fraction of sp³-hybridized carbons (Fsp3) is 0.133. The minimum atomic E-state index is -3.56. The number of aryl methyl sites for hydroxylation is 1. The molecule has 0 spiro atoms. The average Bonchev–Trinajstić information content (AvgIpc) is 2.42. The number of nitrogen functional groups attached to an aromatic ring is 1. The lowest BCUT2D eigenvalue weighted by atomic mass is 10.2. The Morgan fingerprint density at radius 3 is 2.43 bits per heavy atom. The van der Waals surface area contributed by atoms with Crippen LogP contribution in [0.2, 0.25) is 0 Å². The summed E-state index contributed by atoms with van der Waals surface area (Å²) in [6.45, 7) is 1.88. The van der Waals surface area contributed by atoms with E-state index in [0.29, 0.717) is 22.5 Å². The summed E-state index contributed by atoms with van der Waals surface area (Å²) in [5.74, 6) is -0.175. The number of nitrogens with one attached hydrogen (secondary N) is 1. The summed E-state index contributed by atoms with van der Waals surface area (Å²) in [6, 6.07) is 13.5. The number of anilines is 2. The summed E-state index contributed by atoms with van der Waals surface area (Å²) in [4.78, 5) is 0. The molecule has 0 aliphatic rings. The molecule has 3 N–H and O–H groups in total. The lowest BCUT2D eigenvalue weighted by molar-refractivity contribution is 0.600. The van der Waals surface area contributed by atoms with Gasteiger partial charge in [-0.2, -0.15) is 5.26 Å². The number of nitrogens with two attached hydrogens (primary N) is 1. The van der Waals surface area contributed by atoms with Gasteiger partial charge in [-0.25, -0.2) is 8.42 Å². The third-order valence-corrected chi connectivity index (χ3v) is 4.16. The quantitative estimate of drug-likeness (QED) is 0.847. The molecule has 0 atom stereocenters. The highest BCUT2D eigenvalue weighted by molar-refractivity contribution is 7.91. The normalized spacial score (nSPS) is 10.9. The Bertz CT molecular complexity index is 791. The van der Waals surface area contributed by atoms with Crippen molar-refractivity contribution in [2.45, 2.75) is 12.7 Å². The number of sulfonamides is 1. The molecule has 21 heavy (non-hydrogen) atoms. The van der Waals surface area contributed by atoms with Gasteiger partial charge < -0.3 is 5.73 Å². The zero-order valence-electron chi connectivity index (χ0n) is 11.5. The largest absolute Gasteiger partial charge is 0.397 e. The van der Waals surface area contributed by atoms with Gasteiger partial charge in [0.1, 0.15) is 0 Å². The van der Waals surface area contributed by atoms with E-state index in [4.69, 9.17) is 11.0 Å². The van der Waals surface area contributed by atoms with Crippen LogP contribution < -0.4 is 10.5 Å². The van der Waals surface area contributed by atoms with Crippen LogP contribution in [-0.4, -0.2) is 8.42 Å². The van der Waals surface area contributed by atoms with Crippen molar-refractivity contribution in [1.82, 2.24) is 0 Å². The van der Waals surface area contributed by atoms with Gasteiger partial charge in [0.2, 0.25) is 10.0 Å². The summed E-state index contributed by atoms with van der Waals surface area (Å²) in [5.41, 5.74) is 8.61. The molecule has 0 amide bonds. The second-order valence-corrected chi connectivity index (χ2v) is 6.48. The average molecular weight is 301 g/mol. The Balaban J connectivity index is 2.16. The van der Waals surface area contributed by atoms with Crippen molar-refractivity contribution >= 4 is 21.4 Å². The van der Waals surface area contributed by atoms with Crippen molar-refractivity contribution in [3.8, 4) is 6.07 Å². The maximum atomic E-state index is 12.1. The Hall–Kier alpha value is -2.52. The summed E-state index contributed by atoms with van der Waals surface area (Å²) in [5, 5.41) is 8.71. The number of nitriles is 1. The molecular weight excluding hydrogens is 286 g/mol. The molecule has 0 aliphatic heterocycles. The smallest absolute Gasteiger partial charge is 0.236 e. The maximum Gasteiger partial charge on any atom is 0.236 e. The minimum absolute atomic E-state index is 0.175. The van der Waals surface area contributed by atoms with Crippen LogP contribution in [0.15, 0.2) is 42.5 Å². The molecule has 2 aromatic carbocycles. The van der Waals surface area contributed by atoms with Crippen LogP contribution in [0.3, 0.4) is 0 Å². The van der Waals surface area contributed by atoms with Crippen molar-refractivity contribution in [2.75, 3.05) is 10.5 Å². The van der Waals surface area contributed by atoms with Crippen LogP contribution in [0, 0.1) is 18.3 Å². The van der Waals surface area contributed by atoms with Crippen LogP contribution in [0.25, 0.3) is 0 Å². The Kier molecular flexibility index (Phi) is 4.15. The highest BCUT2D eigenvalue weighted by Crippen LogP contribution is 2.21. The molecule has 0 saturated carbocycles. The monoisotopic (exact) mass is 301 g/mol. The van der Waals surface area contributed by atoms with Gasteiger partial charge in [0, 0.05) is 0 Å². The van der Waals surface area contributed by atoms with Gasteiger partial charge in [0.15, 0.2) is 0 Å². The molecule has 2 rings (SSSR count). The van der Waals surface area contributed by atoms with Crippen molar-refractivity contribution in [1.29, 1.82) is 5.26 Å². The molecule has 0 radical (unpaired) electrons. The van der Waals surface area contributed by atoms with E-state index in [9.17, 15) is 8.42 Å². The predicted molar refractivity (Wildman–Crippen MR) is 83.0 cm³/mol. The lowest BCUT2D eigenvalue weighted by Gasteiger charge is -2.11. The third kappa shape index (κ3) is 3.97. The molecule has 0 aromatic heterocycles. The number of rotatable bonds is 4. The fourth-order valence-corrected chi connectivity index (χ4v) is 3.10. The van der Waals surface area contributed by atoms with E-state index in [-0.39, 0.29) is 5.75 Å². The zero-order chi connectivity index (χ0) is 15.5. The van der Waals surface area contributed by atoms with E-state index >= 15 is 0 Å². The number of nitrogens with zero attached hydrogens (tertiary/aromatic N) is 1. The molecule has 0 aliphatic carbocycles. The van der Waals surface area contributed by atoms with E-state index in [1.807, 2.05) is 13.0 Å². The Morgan fingerprint density at radius 2 is 1.86 bits per heavy atom. The van der Waals surface area contributed by atoms with Gasteiger partial charge in [0.25, 0.3) is 0 Å². The van der Waals surface area contributed by atoms with Crippen LogP contribution in [0.5, 0.6) is 0 Å². The van der Waals surface area contributed by atoms with Crippen LogP contribution in [-0.2, 0) is 15.8 Å². The van der Waals surface area contributed by atoms with Gasteiger partial charge in [0.05, 0.1) is 28.8 Å². The highest BCUT2D eigenvalue weighted by atomic mass is 32.2. The summed E-state index contributed by atoms with van der Waals surface area (Å²) in [7, 11) is -3.56. The van der Waals surface area contributed by atoms with E-state index in [2.05, 4.69) is 4.72 Å². The van der Waals surface area contributed by atoms with E-state index in [1.54, 1.807) is 42.5 Å². The molecule has 2 aromatic rings. The summed E-state index contributed by atoms with van der Waals surface area (Å²) in [6.07, 6.45) is 0. The SMILES string of the molecule is Cc1ccc(NS(=O)(=O)Cc2ccc(C#N)cc2)c(N)c1. The van der Waals surface area contributed by atoms with Gasteiger partial charge in [-0.1, -0.05) is 18.2 Å². The highest BCUT2D eigenvalue weighted by Gasteiger charge is 2.13. The second-order valence-electron chi connectivity index (χ2n) is 4.76. The van der Waals surface area contributed by atoms with E-state index < -0.39 is 10.0 Å². The molecule has 0 heterocycles. The third-order valence-electron chi connectivity index (χ3n) is 2.91. The molecule has 0 unspecified atom stereocenters. The second kappa shape index (κ2) is 5.85. The fourth-order valence-electron chi connectivity index (χ4n) is 1.87. The van der Waals surface area contributed by atoms with Gasteiger partial charge in [-0.15, -0.1) is 0 Å². The standard InChI is InChI=1S/C15H15N3O2S/c1-11-2-7-15(14(17)8-11)18-21(19,20)10-13-5-3-12(9-16)4-6-13/h2-8,18H,10,17H2,1H3. The molecular formula is C15H15N3O2S. The Morgan fingerprint density at radius 1 is 1.19 bits per heavy atom. The topological polar surface area (TPSA) is 96.0 Å². The summed E-state index contributed by atoms with van der Waals surface area (Å²) >= 11 is 0. The van der Waals surface area contributed by atoms with Crippen molar-refractivity contribution in [2.24, 2.45) is 0 Å². The molecule has 6 heteroatoms. The number of hydrogen-bond acceptors (Lipinski definition) is 4. The van der Waals surface area contributed by atoms with Crippen molar-refractivity contribution < 1.29 is 8.42 Å². The first kappa shape index (κ1) is 14.9. The van der Waals surface area contributed by atoms with E-state index in [1.165, 1.54) is 0 Å². The van der Waals surface area contributed by atoms with E-state index in [0.717, 1.165) is 5.56 Å². The van der Waals surface area contributed by atoms with Crippen LogP contribution in [0.1, 0.15) is 16.7 Å². The number of benzene rings is 2. The van der Waals surface area contributed by atoms with Crippen molar-refractivity contribution in [3.63, 3.8) is 0 Å². The van der Waals surface area contributed by atoms with Gasteiger partial charge in [-0.05, 0) is 42.3 Å². The molecule has 0 bridgehead atoms. The first-order valence-electron chi connectivity index (χ1n) is 6.25. The molecule has 0 fully saturated rings. The van der Waals surface area contributed by atoms with Gasteiger partial charge >= 0.3 is 0 Å². The summed E-state index contributed by atoms with van der Waals surface area (Å²) < 4.78 is 26.7. The van der Waals surface area contributed by atoms with Gasteiger partial charge in [-0.3, -0.25) is 4.72 Å². The van der Waals surface area contributed by atoms with Crippen LogP contribution >= 0.6 is 0 Å². The number of hydrogen-bond donors (Lipinski definition) is 2. The lowest BCUT2D eigenvalue weighted by Crippen LogP contribution is -2.16. The predicted octanol–water partition coefficient (Wildman–Crippen LogP) is 2.39. The first-order valence-corrected chi connectivity index (χ1v) is 7.90. The zero-order valence-corrected chi connectivity index (χ0v) is 12.3. The van der Waals surface area contributed by atoms with Crippen LogP contribution in [0.4, 0.5) is 11.4 Å².